The van der Waals surface area contributed by atoms with Crippen LogP contribution < -0.4 is 5.32 Å². The molecule has 0 aromatic heterocycles. The third-order valence-electron chi connectivity index (χ3n) is 1.30. The van der Waals surface area contributed by atoms with Crippen molar-refractivity contribution in [2.45, 2.75) is 6.92 Å². The summed E-state index contributed by atoms with van der Waals surface area (Å²) in [6.45, 7) is 3.05. The minimum absolute atomic E-state index is 0.957. The van der Waals surface area contributed by atoms with Gasteiger partial charge in [0.1, 0.15) is 0 Å². The van der Waals surface area contributed by atoms with E-state index < -0.39 is 0 Å². The summed E-state index contributed by atoms with van der Waals surface area (Å²) in [5.74, 6) is 0. The summed E-state index contributed by atoms with van der Waals surface area (Å²) in [6.07, 6.45) is 0. The van der Waals surface area contributed by atoms with Gasteiger partial charge in [0.15, 0.2) is 0 Å². The van der Waals surface area contributed by atoms with E-state index in [1.807, 2.05) is 0 Å². The lowest BCUT2D eigenvalue weighted by atomic mass is 10.3. The van der Waals surface area contributed by atoms with Crippen molar-refractivity contribution in [2.24, 2.45) is 0 Å². The second-order valence-electron chi connectivity index (χ2n) is 2.15. The summed E-state index contributed by atoms with van der Waals surface area (Å²) in [7, 11) is 0. The maximum Gasteiger partial charge on any atom is 0.0495 e. The molecular formula is C8H9BrIN. The molecule has 1 aromatic rings. The molecule has 0 bridgehead atoms. The molecule has 3 heteroatoms. The molecule has 0 aliphatic heterocycles. The first kappa shape index (κ1) is 9.32. The number of anilines is 1. The molecule has 0 saturated heterocycles. The van der Waals surface area contributed by atoms with Gasteiger partial charge in [-0.1, -0.05) is 0 Å². The van der Waals surface area contributed by atoms with Crippen LogP contribution in [0.1, 0.15) is 6.92 Å². The molecule has 60 valence electrons. The Morgan fingerprint density at radius 1 is 1.55 bits per heavy atom. The Bertz CT molecular complexity index is 250. The molecule has 1 aromatic carbocycles. The van der Waals surface area contributed by atoms with Crippen molar-refractivity contribution in [1.82, 2.24) is 0 Å². The zero-order valence-electron chi connectivity index (χ0n) is 6.20. The van der Waals surface area contributed by atoms with Crippen LogP contribution in [0.25, 0.3) is 0 Å². The Kier molecular flexibility index (Phi) is 3.65. The maximum atomic E-state index is 3.47. The second kappa shape index (κ2) is 4.30. The fourth-order valence-corrected chi connectivity index (χ4v) is 1.70. The normalized spacial score (nSPS) is 9.73. The van der Waals surface area contributed by atoms with Gasteiger partial charge in [-0.15, -0.1) is 0 Å². The van der Waals surface area contributed by atoms with E-state index in [1.54, 1.807) is 0 Å². The standard InChI is InChI=1S/C8H9BrIN/c1-2-11-8-5-6(10)3-4-7(8)9/h3-5,11H,2H2,1H3. The molecule has 0 spiro atoms. The van der Waals surface area contributed by atoms with E-state index in [1.165, 1.54) is 9.26 Å². The first-order valence-electron chi connectivity index (χ1n) is 3.43. The van der Waals surface area contributed by atoms with Gasteiger partial charge in [-0.05, 0) is 63.6 Å². The molecule has 0 radical (unpaired) electrons. The van der Waals surface area contributed by atoms with Crippen molar-refractivity contribution in [3.05, 3.63) is 26.2 Å². The summed E-state index contributed by atoms with van der Waals surface area (Å²) < 4.78 is 2.38. The van der Waals surface area contributed by atoms with Crippen molar-refractivity contribution in [3.63, 3.8) is 0 Å². The Morgan fingerprint density at radius 2 is 2.27 bits per heavy atom. The zero-order chi connectivity index (χ0) is 8.27. The number of halogens is 2. The topological polar surface area (TPSA) is 12.0 Å². The van der Waals surface area contributed by atoms with Gasteiger partial charge >= 0.3 is 0 Å². The second-order valence-corrected chi connectivity index (χ2v) is 4.25. The number of nitrogens with one attached hydrogen (secondary N) is 1. The number of hydrogen-bond donors (Lipinski definition) is 1. The Hall–Kier alpha value is 0.230. The molecule has 0 heterocycles. The van der Waals surface area contributed by atoms with E-state index in [0.717, 1.165) is 11.0 Å². The SMILES string of the molecule is CCNc1cc(I)ccc1Br. The van der Waals surface area contributed by atoms with Crippen molar-refractivity contribution in [1.29, 1.82) is 0 Å². The molecule has 0 fully saturated rings. The summed E-state index contributed by atoms with van der Waals surface area (Å²) in [5, 5.41) is 3.26. The molecule has 1 N–H and O–H groups in total. The minimum Gasteiger partial charge on any atom is -0.384 e. The molecule has 0 saturated carbocycles. The van der Waals surface area contributed by atoms with Gasteiger partial charge in [0.2, 0.25) is 0 Å². The quantitative estimate of drug-likeness (QED) is 0.821. The highest BCUT2D eigenvalue weighted by Crippen LogP contribution is 2.23. The zero-order valence-corrected chi connectivity index (χ0v) is 9.94. The number of hydrogen-bond acceptors (Lipinski definition) is 1. The molecule has 1 rings (SSSR count). The maximum absolute atomic E-state index is 3.47. The highest BCUT2D eigenvalue weighted by atomic mass is 127. The van der Waals surface area contributed by atoms with Crippen LogP contribution in [0.4, 0.5) is 5.69 Å². The summed E-state index contributed by atoms with van der Waals surface area (Å²) in [6, 6.07) is 6.25. The largest absolute Gasteiger partial charge is 0.384 e. The first-order chi connectivity index (χ1) is 5.24. The fraction of sp³-hybridized carbons (Fsp3) is 0.250. The van der Waals surface area contributed by atoms with Gasteiger partial charge in [-0.3, -0.25) is 0 Å². The molecule has 1 nitrogen and oxygen atoms in total. The fourth-order valence-electron chi connectivity index (χ4n) is 0.823. The van der Waals surface area contributed by atoms with E-state index in [0.29, 0.717) is 0 Å². The minimum atomic E-state index is 0.957. The van der Waals surface area contributed by atoms with Crippen LogP contribution in [0, 0.1) is 3.57 Å². The molecule has 0 aliphatic carbocycles. The molecule has 0 atom stereocenters. The van der Waals surface area contributed by atoms with Crippen LogP contribution in [-0.2, 0) is 0 Å². The lowest BCUT2D eigenvalue weighted by Gasteiger charge is -2.05. The van der Waals surface area contributed by atoms with Crippen molar-refractivity contribution >= 4 is 44.2 Å². The van der Waals surface area contributed by atoms with E-state index in [4.69, 9.17) is 0 Å². The van der Waals surface area contributed by atoms with E-state index >= 15 is 0 Å². The van der Waals surface area contributed by atoms with Gasteiger partial charge in [-0.2, -0.15) is 0 Å². The van der Waals surface area contributed by atoms with Crippen LogP contribution in [0.5, 0.6) is 0 Å². The summed E-state index contributed by atoms with van der Waals surface area (Å²) in [4.78, 5) is 0. The van der Waals surface area contributed by atoms with Crippen LogP contribution in [0.2, 0.25) is 0 Å². The van der Waals surface area contributed by atoms with Crippen molar-refractivity contribution < 1.29 is 0 Å². The van der Waals surface area contributed by atoms with Gasteiger partial charge in [0.25, 0.3) is 0 Å². The van der Waals surface area contributed by atoms with E-state index in [2.05, 4.69) is 69.0 Å². The van der Waals surface area contributed by atoms with Crippen LogP contribution in [-0.4, -0.2) is 6.54 Å². The first-order valence-corrected chi connectivity index (χ1v) is 5.30. The van der Waals surface area contributed by atoms with Gasteiger partial charge < -0.3 is 5.32 Å². The Balaban J connectivity index is 2.93. The van der Waals surface area contributed by atoms with Gasteiger partial charge in [0, 0.05) is 20.3 Å². The highest BCUT2D eigenvalue weighted by molar-refractivity contribution is 14.1. The number of benzene rings is 1. The average Bonchev–Trinajstić information content (AvgIpc) is 1.98. The Labute approximate surface area is 88.8 Å². The third-order valence-corrected chi connectivity index (χ3v) is 2.66. The van der Waals surface area contributed by atoms with Crippen molar-refractivity contribution in [2.75, 3.05) is 11.9 Å². The molecule has 0 unspecified atom stereocenters. The predicted molar refractivity (Wildman–Crippen MR) is 61.0 cm³/mol. The van der Waals surface area contributed by atoms with Crippen LogP contribution in [0.3, 0.4) is 0 Å². The number of rotatable bonds is 2. The van der Waals surface area contributed by atoms with E-state index in [-0.39, 0.29) is 0 Å². The molecular weight excluding hydrogens is 317 g/mol. The highest BCUT2D eigenvalue weighted by Gasteiger charge is 1.97. The lowest BCUT2D eigenvalue weighted by Crippen LogP contribution is -1.97. The van der Waals surface area contributed by atoms with Gasteiger partial charge in [-0.25, -0.2) is 0 Å². The summed E-state index contributed by atoms with van der Waals surface area (Å²) in [5.41, 5.74) is 1.17. The van der Waals surface area contributed by atoms with Crippen LogP contribution in [0.15, 0.2) is 22.7 Å². The lowest BCUT2D eigenvalue weighted by molar-refractivity contribution is 1.21. The molecule has 11 heavy (non-hydrogen) atoms. The smallest absolute Gasteiger partial charge is 0.0495 e. The van der Waals surface area contributed by atoms with Crippen LogP contribution >= 0.6 is 38.5 Å². The Morgan fingerprint density at radius 3 is 2.91 bits per heavy atom. The predicted octanol–water partition coefficient (Wildman–Crippen LogP) is 3.49. The van der Waals surface area contributed by atoms with E-state index in [9.17, 15) is 0 Å². The summed E-state index contributed by atoms with van der Waals surface area (Å²) >= 11 is 5.77. The molecule has 0 amide bonds. The third kappa shape index (κ3) is 2.63. The average molecular weight is 326 g/mol. The monoisotopic (exact) mass is 325 g/mol. The van der Waals surface area contributed by atoms with Gasteiger partial charge in [0.05, 0.1) is 0 Å². The van der Waals surface area contributed by atoms with Crippen molar-refractivity contribution in [3.8, 4) is 0 Å². The molecule has 0 aliphatic rings.